The molecule has 1 aliphatic rings. The molecule has 0 unspecified atom stereocenters. The monoisotopic (exact) mass is 475 g/mol. The van der Waals surface area contributed by atoms with Crippen molar-refractivity contribution < 1.29 is 14.5 Å². The van der Waals surface area contributed by atoms with E-state index in [9.17, 15) is 9.59 Å². The van der Waals surface area contributed by atoms with Crippen LogP contribution in [0.5, 0.6) is 5.75 Å². The van der Waals surface area contributed by atoms with Gasteiger partial charge in [-0.05, 0) is 35.2 Å². The molecule has 0 bridgehead atoms. The predicted octanol–water partition coefficient (Wildman–Crippen LogP) is 2.16. The molecule has 2 aromatic heterocycles. The van der Waals surface area contributed by atoms with Gasteiger partial charge in [-0.1, -0.05) is 37.6 Å². The SMILES string of the molecule is CCCCc1nn2c(=O)n(CC(=O)N3CCN(c4ccccc4OC)CC3)c3ccccc3c2[nH+]1. The fraction of sp³-hybridized carbons (Fsp3) is 0.385. The van der Waals surface area contributed by atoms with Gasteiger partial charge in [0.25, 0.3) is 11.5 Å². The number of anilines is 1. The molecule has 182 valence electrons. The number of methoxy groups -OCH3 is 1. The van der Waals surface area contributed by atoms with E-state index in [-0.39, 0.29) is 18.1 Å². The van der Waals surface area contributed by atoms with E-state index in [1.165, 1.54) is 4.52 Å². The standard InChI is InChI=1S/C26H30N6O3/c1-3-4-13-23-27-25-19-9-5-6-10-20(19)31(26(34)32(25)28-23)18-24(33)30-16-14-29(15-17-30)21-11-7-8-12-22(21)35-2/h5-12H,3-4,13-18H2,1-2H3/p+1. The van der Waals surface area contributed by atoms with E-state index >= 15 is 0 Å². The number of aryl methyl sites for hydroxylation is 1. The van der Waals surface area contributed by atoms with Crippen LogP contribution in [0.3, 0.4) is 0 Å². The lowest BCUT2D eigenvalue weighted by molar-refractivity contribution is -0.358. The number of benzene rings is 2. The molecule has 0 aliphatic carbocycles. The number of rotatable bonds is 7. The summed E-state index contributed by atoms with van der Waals surface area (Å²) in [5.41, 5.74) is 2.12. The zero-order chi connectivity index (χ0) is 24.4. The largest absolute Gasteiger partial charge is 0.495 e. The van der Waals surface area contributed by atoms with Crippen LogP contribution in [-0.4, -0.2) is 58.3 Å². The molecule has 0 radical (unpaired) electrons. The van der Waals surface area contributed by atoms with Crippen molar-refractivity contribution in [2.24, 2.45) is 0 Å². The van der Waals surface area contributed by atoms with Crippen LogP contribution in [0, 0.1) is 0 Å². The number of nitrogens with one attached hydrogen (secondary N) is 1. The minimum atomic E-state index is -0.307. The minimum Gasteiger partial charge on any atom is -0.495 e. The highest BCUT2D eigenvalue weighted by molar-refractivity contribution is 5.90. The number of amides is 1. The Kier molecular flexibility index (Phi) is 6.39. The van der Waals surface area contributed by atoms with Crippen LogP contribution >= 0.6 is 0 Å². The number of aromatic amines is 1. The van der Waals surface area contributed by atoms with Crippen molar-refractivity contribution in [1.29, 1.82) is 0 Å². The van der Waals surface area contributed by atoms with Crippen molar-refractivity contribution in [3.63, 3.8) is 0 Å². The second-order valence-corrected chi connectivity index (χ2v) is 8.86. The highest BCUT2D eigenvalue weighted by Crippen LogP contribution is 2.28. The molecule has 4 aromatic rings. The quantitative estimate of drug-likeness (QED) is 0.409. The molecule has 5 rings (SSSR count). The topological polar surface area (TPSA) is 86.2 Å². The molecule has 0 saturated carbocycles. The third-order valence-corrected chi connectivity index (χ3v) is 6.68. The Hall–Kier alpha value is -3.88. The summed E-state index contributed by atoms with van der Waals surface area (Å²) in [4.78, 5) is 34.1. The summed E-state index contributed by atoms with van der Waals surface area (Å²) in [6.07, 6.45) is 2.82. The number of para-hydroxylation sites is 3. The van der Waals surface area contributed by atoms with Gasteiger partial charge in [-0.25, -0.2) is 9.78 Å². The molecule has 1 saturated heterocycles. The van der Waals surface area contributed by atoms with Crippen LogP contribution in [0.4, 0.5) is 5.69 Å². The maximum atomic E-state index is 13.4. The van der Waals surface area contributed by atoms with E-state index in [1.807, 2.05) is 53.4 Å². The van der Waals surface area contributed by atoms with Crippen LogP contribution in [0.15, 0.2) is 53.3 Å². The molecular weight excluding hydrogens is 444 g/mol. The summed E-state index contributed by atoms with van der Waals surface area (Å²) >= 11 is 0. The van der Waals surface area contributed by atoms with Crippen molar-refractivity contribution in [3.05, 3.63) is 64.8 Å². The fourth-order valence-electron chi connectivity index (χ4n) is 4.76. The third-order valence-electron chi connectivity index (χ3n) is 6.68. The van der Waals surface area contributed by atoms with Crippen molar-refractivity contribution in [2.75, 3.05) is 38.2 Å². The van der Waals surface area contributed by atoms with Crippen molar-refractivity contribution in [1.82, 2.24) is 19.1 Å². The Morgan fingerprint density at radius 2 is 1.80 bits per heavy atom. The molecule has 9 nitrogen and oxygen atoms in total. The second kappa shape index (κ2) is 9.77. The summed E-state index contributed by atoms with van der Waals surface area (Å²) < 4.78 is 8.44. The van der Waals surface area contributed by atoms with Gasteiger partial charge in [-0.2, -0.15) is 0 Å². The van der Waals surface area contributed by atoms with E-state index in [1.54, 1.807) is 11.7 Å². The molecule has 1 aliphatic heterocycles. The Balaban J connectivity index is 1.39. The molecule has 0 spiro atoms. The Bertz CT molecular complexity index is 1420. The van der Waals surface area contributed by atoms with Gasteiger partial charge in [0.15, 0.2) is 0 Å². The van der Waals surface area contributed by atoms with E-state index in [2.05, 4.69) is 21.9 Å². The van der Waals surface area contributed by atoms with Gasteiger partial charge in [0, 0.05) is 32.6 Å². The normalized spacial score (nSPS) is 14.1. The third kappa shape index (κ3) is 4.34. The molecule has 35 heavy (non-hydrogen) atoms. The smallest absolute Gasteiger partial charge is 0.424 e. The zero-order valence-corrected chi connectivity index (χ0v) is 20.2. The van der Waals surface area contributed by atoms with Gasteiger partial charge in [0.1, 0.15) is 12.3 Å². The van der Waals surface area contributed by atoms with E-state index < -0.39 is 0 Å². The van der Waals surface area contributed by atoms with Crippen LogP contribution < -0.4 is 20.3 Å². The molecule has 3 heterocycles. The Morgan fingerprint density at radius 1 is 1.06 bits per heavy atom. The van der Waals surface area contributed by atoms with Gasteiger partial charge < -0.3 is 14.5 Å². The first kappa shape index (κ1) is 22.9. The summed E-state index contributed by atoms with van der Waals surface area (Å²) in [5.74, 6) is 1.54. The molecular formula is C26H31N6O3+. The number of nitrogens with zero attached hydrogens (tertiary/aromatic N) is 5. The molecule has 0 atom stereocenters. The van der Waals surface area contributed by atoms with Gasteiger partial charge >= 0.3 is 5.69 Å². The van der Waals surface area contributed by atoms with Crippen molar-refractivity contribution >= 4 is 28.1 Å². The number of hydrogen-bond acceptors (Lipinski definition) is 5. The van der Waals surface area contributed by atoms with Gasteiger partial charge in [0.05, 0.1) is 28.8 Å². The lowest BCUT2D eigenvalue weighted by atomic mass is 10.2. The zero-order valence-electron chi connectivity index (χ0n) is 20.2. The number of carbonyl (C=O) groups excluding carboxylic acids is 1. The first-order chi connectivity index (χ1) is 17.1. The molecule has 9 heteroatoms. The number of piperazine rings is 1. The van der Waals surface area contributed by atoms with E-state index in [0.29, 0.717) is 31.8 Å². The number of unbranched alkanes of at least 4 members (excludes halogenated alkanes) is 1. The van der Waals surface area contributed by atoms with Crippen molar-refractivity contribution in [3.8, 4) is 5.75 Å². The maximum Gasteiger partial charge on any atom is 0.424 e. The first-order valence-electron chi connectivity index (χ1n) is 12.2. The maximum absolute atomic E-state index is 13.4. The lowest BCUT2D eigenvalue weighted by Crippen LogP contribution is -2.50. The van der Waals surface area contributed by atoms with Crippen LogP contribution in [0.25, 0.3) is 16.6 Å². The Morgan fingerprint density at radius 3 is 2.57 bits per heavy atom. The van der Waals surface area contributed by atoms with Crippen LogP contribution in [-0.2, 0) is 17.8 Å². The van der Waals surface area contributed by atoms with E-state index in [4.69, 9.17) is 4.74 Å². The van der Waals surface area contributed by atoms with Gasteiger partial charge in [-0.3, -0.25) is 9.36 Å². The number of fused-ring (bicyclic) bond motifs is 3. The highest BCUT2D eigenvalue weighted by Gasteiger charge is 2.26. The summed E-state index contributed by atoms with van der Waals surface area (Å²) in [7, 11) is 1.67. The lowest BCUT2D eigenvalue weighted by Gasteiger charge is -2.36. The van der Waals surface area contributed by atoms with Crippen LogP contribution in [0.1, 0.15) is 25.6 Å². The summed E-state index contributed by atoms with van der Waals surface area (Å²) in [6, 6.07) is 15.6. The summed E-state index contributed by atoms with van der Waals surface area (Å²) in [5, 5.41) is 5.40. The van der Waals surface area contributed by atoms with Crippen molar-refractivity contribution in [2.45, 2.75) is 32.7 Å². The van der Waals surface area contributed by atoms with E-state index in [0.717, 1.165) is 47.4 Å². The van der Waals surface area contributed by atoms with Crippen LogP contribution in [0.2, 0.25) is 0 Å². The number of aromatic nitrogens is 4. The highest BCUT2D eigenvalue weighted by atomic mass is 16.5. The average molecular weight is 476 g/mol. The number of H-pyrrole nitrogens is 1. The first-order valence-corrected chi connectivity index (χ1v) is 12.2. The summed E-state index contributed by atoms with van der Waals surface area (Å²) in [6.45, 7) is 4.69. The second-order valence-electron chi connectivity index (χ2n) is 8.86. The van der Waals surface area contributed by atoms with Gasteiger partial charge in [0.2, 0.25) is 5.91 Å². The average Bonchev–Trinajstić information content (AvgIpc) is 3.34. The molecule has 1 N–H and O–H groups in total. The molecule has 1 amide bonds. The fourth-order valence-corrected chi connectivity index (χ4v) is 4.76. The minimum absolute atomic E-state index is 0.0197. The number of carbonyl (C=O) groups is 1. The predicted molar refractivity (Wildman–Crippen MR) is 134 cm³/mol. The number of hydrogen-bond donors (Lipinski definition) is 0. The Labute approximate surface area is 203 Å². The molecule has 2 aromatic carbocycles. The van der Waals surface area contributed by atoms with Gasteiger partial charge in [-0.15, -0.1) is 0 Å². The number of ether oxygens (including phenoxy) is 1. The molecule has 1 fully saturated rings.